The van der Waals surface area contributed by atoms with Gasteiger partial charge in [0.25, 0.3) is 5.91 Å². The van der Waals surface area contributed by atoms with Gasteiger partial charge in [-0.1, -0.05) is 35.9 Å². The van der Waals surface area contributed by atoms with Crippen molar-refractivity contribution in [2.24, 2.45) is 0 Å². The lowest BCUT2D eigenvalue weighted by atomic mass is 10.0. The number of rotatable bonds is 5. The van der Waals surface area contributed by atoms with Crippen LogP contribution in [0.25, 0.3) is 0 Å². The topological polar surface area (TPSA) is 58.6 Å². The minimum atomic E-state index is -0.0859. The quantitative estimate of drug-likeness (QED) is 0.883. The van der Waals surface area contributed by atoms with Crippen molar-refractivity contribution in [2.45, 2.75) is 26.7 Å². The van der Waals surface area contributed by atoms with Crippen molar-refractivity contribution in [3.63, 3.8) is 0 Å². The summed E-state index contributed by atoms with van der Waals surface area (Å²) >= 11 is 0. The van der Waals surface area contributed by atoms with Crippen LogP contribution in [-0.2, 0) is 16.0 Å². The van der Waals surface area contributed by atoms with Gasteiger partial charge in [-0.2, -0.15) is 0 Å². The number of carbonyl (C=O) groups excluding carboxylic acids is 2. The summed E-state index contributed by atoms with van der Waals surface area (Å²) in [6.45, 7) is 6.39. The number of carbonyl (C=O) groups is 2. The van der Waals surface area contributed by atoms with Gasteiger partial charge in [0, 0.05) is 19.5 Å². The average molecular weight is 366 g/mol. The number of para-hydroxylation sites is 1. The standard InChI is InChI=1S/C22H26N2O3/c1-16-7-8-18(17(2)15-16)9-10-21(25)23-20-6-4-3-5-19(20)22(26)24-11-13-27-14-12-24/h3-8,15H,9-14H2,1-2H3,(H,23,25). The highest BCUT2D eigenvalue weighted by molar-refractivity contribution is 6.03. The fourth-order valence-electron chi connectivity index (χ4n) is 3.30. The van der Waals surface area contributed by atoms with Crippen LogP contribution in [0.2, 0.25) is 0 Å². The largest absolute Gasteiger partial charge is 0.378 e. The number of hydrogen-bond acceptors (Lipinski definition) is 3. The predicted octanol–water partition coefficient (Wildman–Crippen LogP) is 3.35. The smallest absolute Gasteiger partial charge is 0.256 e. The van der Waals surface area contributed by atoms with Gasteiger partial charge in [0.15, 0.2) is 0 Å². The molecule has 2 amide bonds. The molecule has 1 fully saturated rings. The molecule has 0 saturated carbocycles. The van der Waals surface area contributed by atoms with Crippen LogP contribution in [-0.4, -0.2) is 43.0 Å². The van der Waals surface area contributed by atoms with Crippen LogP contribution in [0, 0.1) is 13.8 Å². The monoisotopic (exact) mass is 366 g/mol. The van der Waals surface area contributed by atoms with Gasteiger partial charge in [-0.15, -0.1) is 0 Å². The zero-order valence-corrected chi connectivity index (χ0v) is 16.0. The maximum Gasteiger partial charge on any atom is 0.256 e. The minimum absolute atomic E-state index is 0.0661. The van der Waals surface area contributed by atoms with Crippen molar-refractivity contribution >= 4 is 17.5 Å². The lowest BCUT2D eigenvalue weighted by Gasteiger charge is -2.27. The lowest BCUT2D eigenvalue weighted by molar-refractivity contribution is -0.116. The number of anilines is 1. The van der Waals surface area contributed by atoms with Gasteiger partial charge in [0.05, 0.1) is 24.5 Å². The summed E-state index contributed by atoms with van der Waals surface area (Å²) in [5.41, 5.74) is 4.69. The summed E-state index contributed by atoms with van der Waals surface area (Å²) in [5.74, 6) is -0.152. The van der Waals surface area contributed by atoms with Crippen LogP contribution in [0.5, 0.6) is 0 Å². The lowest BCUT2D eigenvalue weighted by Crippen LogP contribution is -2.41. The van der Waals surface area contributed by atoms with Crippen LogP contribution < -0.4 is 5.32 Å². The third-order valence-corrected chi connectivity index (χ3v) is 4.85. The van der Waals surface area contributed by atoms with E-state index in [1.807, 2.05) is 12.1 Å². The van der Waals surface area contributed by atoms with E-state index in [-0.39, 0.29) is 11.8 Å². The Hall–Kier alpha value is -2.66. The number of amides is 2. The average Bonchev–Trinajstić information content (AvgIpc) is 2.68. The van der Waals surface area contributed by atoms with Crippen molar-refractivity contribution in [3.8, 4) is 0 Å². The van der Waals surface area contributed by atoms with E-state index >= 15 is 0 Å². The molecule has 0 spiro atoms. The van der Waals surface area contributed by atoms with E-state index in [0.717, 1.165) is 0 Å². The van der Waals surface area contributed by atoms with Gasteiger partial charge in [0.1, 0.15) is 0 Å². The number of benzene rings is 2. The summed E-state index contributed by atoms with van der Waals surface area (Å²) in [6, 6.07) is 13.5. The van der Waals surface area contributed by atoms with Crippen LogP contribution in [0.4, 0.5) is 5.69 Å². The second-order valence-electron chi connectivity index (χ2n) is 6.93. The summed E-state index contributed by atoms with van der Waals surface area (Å²) in [5, 5.41) is 2.91. The Bertz CT molecular complexity index is 826. The maximum atomic E-state index is 12.8. The third-order valence-electron chi connectivity index (χ3n) is 4.85. The number of ether oxygens (including phenoxy) is 1. The number of nitrogens with one attached hydrogen (secondary N) is 1. The first-order chi connectivity index (χ1) is 13.0. The van der Waals surface area contributed by atoms with Crippen molar-refractivity contribution in [1.82, 2.24) is 4.90 Å². The fourth-order valence-corrected chi connectivity index (χ4v) is 3.30. The van der Waals surface area contributed by atoms with Crippen molar-refractivity contribution in [3.05, 3.63) is 64.7 Å². The molecule has 0 radical (unpaired) electrons. The molecule has 5 nitrogen and oxygen atoms in total. The van der Waals surface area contributed by atoms with Crippen molar-refractivity contribution < 1.29 is 14.3 Å². The molecule has 2 aromatic rings. The number of nitrogens with zero attached hydrogens (tertiary/aromatic N) is 1. The van der Waals surface area contributed by atoms with Gasteiger partial charge < -0.3 is 15.0 Å². The van der Waals surface area contributed by atoms with E-state index in [2.05, 4.69) is 37.4 Å². The highest BCUT2D eigenvalue weighted by Gasteiger charge is 2.21. The summed E-state index contributed by atoms with van der Waals surface area (Å²) in [4.78, 5) is 27.0. The number of morpholine rings is 1. The molecule has 0 aromatic heterocycles. The Morgan fingerprint density at radius 3 is 2.56 bits per heavy atom. The van der Waals surface area contributed by atoms with Gasteiger partial charge in [-0.25, -0.2) is 0 Å². The van der Waals surface area contributed by atoms with Crippen LogP contribution >= 0.6 is 0 Å². The Morgan fingerprint density at radius 2 is 1.81 bits per heavy atom. The highest BCUT2D eigenvalue weighted by Crippen LogP contribution is 2.19. The molecular formula is C22H26N2O3. The Balaban J connectivity index is 1.64. The molecule has 0 aliphatic carbocycles. The molecule has 2 aromatic carbocycles. The predicted molar refractivity (Wildman–Crippen MR) is 106 cm³/mol. The number of hydrogen-bond donors (Lipinski definition) is 1. The zero-order valence-electron chi connectivity index (χ0n) is 16.0. The first kappa shape index (κ1) is 19.1. The molecule has 27 heavy (non-hydrogen) atoms. The normalized spacial score (nSPS) is 14.1. The molecule has 3 rings (SSSR count). The summed E-state index contributed by atoms with van der Waals surface area (Å²) < 4.78 is 5.31. The minimum Gasteiger partial charge on any atom is -0.378 e. The highest BCUT2D eigenvalue weighted by atomic mass is 16.5. The SMILES string of the molecule is Cc1ccc(CCC(=O)Nc2ccccc2C(=O)N2CCOCC2)c(C)c1. The molecule has 0 atom stereocenters. The molecule has 0 unspecified atom stereocenters. The zero-order chi connectivity index (χ0) is 19.2. The van der Waals surface area contributed by atoms with Gasteiger partial charge in [0.2, 0.25) is 5.91 Å². The molecule has 0 bridgehead atoms. The first-order valence-corrected chi connectivity index (χ1v) is 9.36. The van der Waals surface area contributed by atoms with Crippen molar-refractivity contribution in [1.29, 1.82) is 0 Å². The second kappa shape index (κ2) is 8.82. The molecule has 1 N–H and O–H groups in total. The Kier molecular flexibility index (Phi) is 6.24. The molecule has 1 heterocycles. The summed E-state index contributed by atoms with van der Waals surface area (Å²) in [7, 11) is 0. The maximum absolute atomic E-state index is 12.8. The third kappa shape index (κ3) is 4.95. The molecule has 1 saturated heterocycles. The molecule has 1 aliphatic rings. The van der Waals surface area contributed by atoms with Crippen molar-refractivity contribution in [2.75, 3.05) is 31.6 Å². The molecular weight excluding hydrogens is 340 g/mol. The van der Waals surface area contributed by atoms with Gasteiger partial charge >= 0.3 is 0 Å². The van der Waals surface area contributed by atoms with Crippen LogP contribution in [0.1, 0.15) is 33.5 Å². The van der Waals surface area contributed by atoms with E-state index in [4.69, 9.17) is 4.74 Å². The van der Waals surface area contributed by atoms with E-state index < -0.39 is 0 Å². The van der Waals surface area contributed by atoms with E-state index in [1.165, 1.54) is 16.7 Å². The first-order valence-electron chi connectivity index (χ1n) is 9.36. The molecule has 1 aliphatic heterocycles. The van der Waals surface area contributed by atoms with E-state index in [9.17, 15) is 9.59 Å². The van der Waals surface area contributed by atoms with Crippen LogP contribution in [0.3, 0.4) is 0 Å². The Labute approximate surface area is 160 Å². The van der Waals surface area contributed by atoms with Gasteiger partial charge in [-0.05, 0) is 43.5 Å². The molecule has 142 valence electrons. The van der Waals surface area contributed by atoms with Crippen LogP contribution in [0.15, 0.2) is 42.5 Å². The van der Waals surface area contributed by atoms with Gasteiger partial charge in [-0.3, -0.25) is 9.59 Å². The number of aryl methyl sites for hydroxylation is 3. The fraction of sp³-hybridized carbons (Fsp3) is 0.364. The van der Waals surface area contributed by atoms with E-state index in [0.29, 0.717) is 50.4 Å². The second-order valence-corrected chi connectivity index (χ2v) is 6.93. The van der Waals surface area contributed by atoms with E-state index in [1.54, 1.807) is 17.0 Å². The summed E-state index contributed by atoms with van der Waals surface area (Å²) in [6.07, 6.45) is 1.06. The Morgan fingerprint density at radius 1 is 1.07 bits per heavy atom. The molecule has 5 heteroatoms.